The van der Waals surface area contributed by atoms with Crippen LogP contribution in [0.5, 0.6) is 0 Å². The van der Waals surface area contributed by atoms with Crippen molar-refractivity contribution in [2.75, 3.05) is 13.1 Å². The molecule has 0 amide bonds. The topological polar surface area (TPSA) is 35.8 Å². The molecule has 0 rings (SSSR count). The average molecular weight is 196 g/mol. The Morgan fingerprint density at radius 1 is 1.14 bits per heavy atom. The van der Waals surface area contributed by atoms with Crippen LogP contribution in [0.1, 0.15) is 52.9 Å². The third-order valence-corrected chi connectivity index (χ3v) is 2.44. The van der Waals surface area contributed by atoms with E-state index in [-0.39, 0.29) is 5.41 Å². The Labute approximate surface area is 88.7 Å². The van der Waals surface area contributed by atoms with Crippen LogP contribution >= 0.6 is 0 Å². The zero-order valence-corrected chi connectivity index (χ0v) is 9.90. The molecule has 0 saturated heterocycles. The number of nitrogens with zero attached hydrogens (tertiary/aromatic N) is 1. The molecule has 0 aromatic heterocycles. The van der Waals surface area contributed by atoms with Crippen LogP contribution < -0.4 is 5.32 Å². The number of hydrogen-bond acceptors (Lipinski definition) is 2. The van der Waals surface area contributed by atoms with E-state index in [2.05, 4.69) is 18.3 Å². The zero-order valence-electron chi connectivity index (χ0n) is 9.90. The second kappa shape index (κ2) is 7.82. The van der Waals surface area contributed by atoms with Gasteiger partial charge in [0.25, 0.3) is 0 Å². The summed E-state index contributed by atoms with van der Waals surface area (Å²) in [6.45, 7) is 8.27. The summed E-state index contributed by atoms with van der Waals surface area (Å²) in [5, 5.41) is 12.2. The van der Waals surface area contributed by atoms with Gasteiger partial charge in [0.15, 0.2) is 0 Å². The first-order valence-corrected chi connectivity index (χ1v) is 5.74. The van der Waals surface area contributed by atoms with Crippen LogP contribution in [-0.4, -0.2) is 13.1 Å². The first-order valence-electron chi connectivity index (χ1n) is 5.74. The van der Waals surface area contributed by atoms with E-state index >= 15 is 0 Å². The maximum atomic E-state index is 8.79. The summed E-state index contributed by atoms with van der Waals surface area (Å²) >= 11 is 0. The lowest BCUT2D eigenvalue weighted by Crippen LogP contribution is -2.22. The fourth-order valence-electron chi connectivity index (χ4n) is 1.26. The van der Waals surface area contributed by atoms with Gasteiger partial charge in [0.2, 0.25) is 0 Å². The highest BCUT2D eigenvalue weighted by Gasteiger charge is 2.14. The maximum absolute atomic E-state index is 8.79. The molecule has 0 spiro atoms. The fraction of sp³-hybridized carbons (Fsp3) is 0.917. The van der Waals surface area contributed by atoms with Gasteiger partial charge in [-0.25, -0.2) is 0 Å². The summed E-state index contributed by atoms with van der Waals surface area (Å²) in [6, 6.07) is 2.31. The summed E-state index contributed by atoms with van der Waals surface area (Å²) in [7, 11) is 0. The smallest absolute Gasteiger partial charge is 0.0684 e. The largest absolute Gasteiger partial charge is 0.317 e. The van der Waals surface area contributed by atoms with E-state index in [1.165, 1.54) is 25.7 Å². The molecule has 0 bridgehead atoms. The molecule has 14 heavy (non-hydrogen) atoms. The number of nitrogens with one attached hydrogen (secondary N) is 1. The highest BCUT2D eigenvalue weighted by Crippen LogP contribution is 2.16. The second-order valence-electron chi connectivity index (χ2n) is 4.56. The molecule has 0 atom stereocenters. The fourth-order valence-corrected chi connectivity index (χ4v) is 1.26. The lowest BCUT2D eigenvalue weighted by atomic mass is 9.91. The van der Waals surface area contributed by atoms with Crippen LogP contribution in [0.25, 0.3) is 0 Å². The number of hydrogen-bond donors (Lipinski definition) is 1. The molecule has 0 saturated carbocycles. The summed E-state index contributed by atoms with van der Waals surface area (Å²) in [5.74, 6) is 0. The predicted octanol–water partition coefficient (Wildman–Crippen LogP) is 3.10. The van der Waals surface area contributed by atoms with Gasteiger partial charge in [-0.1, -0.05) is 26.2 Å². The first kappa shape index (κ1) is 13.4. The summed E-state index contributed by atoms with van der Waals surface area (Å²) in [6.07, 6.45) is 6.16. The minimum absolute atomic E-state index is 0.170. The van der Waals surface area contributed by atoms with Crippen LogP contribution in [-0.2, 0) is 0 Å². The number of unbranched alkanes of at least 4 members (excludes halogenated alkanes) is 3. The van der Waals surface area contributed by atoms with Gasteiger partial charge in [0, 0.05) is 0 Å². The molecule has 2 heteroatoms. The third-order valence-electron chi connectivity index (χ3n) is 2.44. The molecule has 0 aliphatic rings. The summed E-state index contributed by atoms with van der Waals surface area (Å²) in [4.78, 5) is 0. The maximum Gasteiger partial charge on any atom is 0.0684 e. The summed E-state index contributed by atoms with van der Waals surface area (Å²) in [5.41, 5.74) is -0.170. The molecular formula is C12H24N2. The molecular weight excluding hydrogens is 172 g/mol. The van der Waals surface area contributed by atoms with Gasteiger partial charge in [-0.15, -0.1) is 0 Å². The van der Waals surface area contributed by atoms with Crippen LogP contribution in [0.15, 0.2) is 0 Å². The standard InChI is InChI=1S/C12H24N2/c1-4-5-6-7-9-14-10-8-12(2,3)11-13/h14H,4-10H2,1-3H3. The van der Waals surface area contributed by atoms with E-state index in [4.69, 9.17) is 5.26 Å². The minimum atomic E-state index is -0.170. The van der Waals surface area contributed by atoms with E-state index < -0.39 is 0 Å². The van der Waals surface area contributed by atoms with Crippen LogP contribution in [0.4, 0.5) is 0 Å². The Hall–Kier alpha value is -0.550. The molecule has 0 aliphatic carbocycles. The Morgan fingerprint density at radius 2 is 1.86 bits per heavy atom. The number of rotatable bonds is 8. The minimum Gasteiger partial charge on any atom is -0.317 e. The van der Waals surface area contributed by atoms with Crippen molar-refractivity contribution in [2.45, 2.75) is 52.9 Å². The molecule has 1 N–H and O–H groups in total. The monoisotopic (exact) mass is 196 g/mol. The van der Waals surface area contributed by atoms with Gasteiger partial charge in [0.05, 0.1) is 11.5 Å². The van der Waals surface area contributed by atoms with Gasteiger partial charge >= 0.3 is 0 Å². The molecule has 82 valence electrons. The quantitative estimate of drug-likeness (QED) is 0.605. The highest BCUT2D eigenvalue weighted by molar-refractivity contribution is 4.91. The van der Waals surface area contributed by atoms with Gasteiger partial charge in [-0.05, 0) is 39.8 Å². The first-order chi connectivity index (χ1) is 6.62. The molecule has 2 nitrogen and oxygen atoms in total. The van der Waals surface area contributed by atoms with Crippen LogP contribution in [0.3, 0.4) is 0 Å². The predicted molar refractivity (Wildman–Crippen MR) is 61.0 cm³/mol. The normalized spacial score (nSPS) is 11.3. The van der Waals surface area contributed by atoms with E-state index in [1.807, 2.05) is 13.8 Å². The van der Waals surface area contributed by atoms with Crippen molar-refractivity contribution in [1.29, 1.82) is 5.26 Å². The van der Waals surface area contributed by atoms with E-state index in [9.17, 15) is 0 Å². The van der Waals surface area contributed by atoms with Gasteiger partial charge < -0.3 is 5.32 Å². The second-order valence-corrected chi connectivity index (χ2v) is 4.56. The Kier molecular flexibility index (Phi) is 7.51. The van der Waals surface area contributed by atoms with Crippen molar-refractivity contribution >= 4 is 0 Å². The highest BCUT2D eigenvalue weighted by atomic mass is 14.8. The third kappa shape index (κ3) is 8.07. The van der Waals surface area contributed by atoms with Crippen molar-refractivity contribution in [3.63, 3.8) is 0 Å². The zero-order chi connectivity index (χ0) is 10.9. The molecule has 0 aliphatic heterocycles. The van der Waals surface area contributed by atoms with Crippen molar-refractivity contribution in [3.8, 4) is 6.07 Å². The Bertz CT molecular complexity index is 168. The average Bonchev–Trinajstić information content (AvgIpc) is 2.16. The van der Waals surface area contributed by atoms with E-state index in [0.29, 0.717) is 0 Å². The summed E-state index contributed by atoms with van der Waals surface area (Å²) < 4.78 is 0. The van der Waals surface area contributed by atoms with Crippen molar-refractivity contribution in [3.05, 3.63) is 0 Å². The van der Waals surface area contributed by atoms with Crippen LogP contribution in [0, 0.1) is 16.7 Å². The van der Waals surface area contributed by atoms with E-state index in [1.54, 1.807) is 0 Å². The molecule has 0 fully saturated rings. The molecule has 0 aromatic carbocycles. The van der Waals surface area contributed by atoms with Crippen molar-refractivity contribution < 1.29 is 0 Å². The molecule has 0 radical (unpaired) electrons. The van der Waals surface area contributed by atoms with Crippen LogP contribution in [0.2, 0.25) is 0 Å². The lowest BCUT2D eigenvalue weighted by molar-refractivity contribution is 0.430. The van der Waals surface area contributed by atoms with Crippen molar-refractivity contribution in [1.82, 2.24) is 5.32 Å². The van der Waals surface area contributed by atoms with E-state index in [0.717, 1.165) is 19.5 Å². The Balaban J connectivity index is 3.18. The Morgan fingerprint density at radius 3 is 2.43 bits per heavy atom. The van der Waals surface area contributed by atoms with Gasteiger partial charge in [-0.2, -0.15) is 5.26 Å². The number of nitriles is 1. The molecule has 0 aromatic rings. The SMILES string of the molecule is CCCCCCNCCC(C)(C)C#N. The molecule has 0 unspecified atom stereocenters. The van der Waals surface area contributed by atoms with Gasteiger partial charge in [-0.3, -0.25) is 0 Å². The van der Waals surface area contributed by atoms with Crippen molar-refractivity contribution in [2.24, 2.45) is 5.41 Å². The lowest BCUT2D eigenvalue weighted by Gasteiger charge is -2.14. The molecule has 0 heterocycles. The van der Waals surface area contributed by atoms with Gasteiger partial charge in [0.1, 0.15) is 0 Å².